The van der Waals surface area contributed by atoms with E-state index in [9.17, 15) is 22.0 Å². The van der Waals surface area contributed by atoms with Gasteiger partial charge >= 0.3 is 0 Å². The zero-order chi connectivity index (χ0) is 20.3. The maximum atomic E-state index is 13.4. The van der Waals surface area contributed by atoms with Gasteiger partial charge < -0.3 is 4.90 Å². The standard InChI is InChI=1S/C19H27F2N3O3S/c1-2-8-22-9-4-3-5-18(22)19(25)23-10-12-24(13-11-23)28(26,27)15-6-7-16(20)17(21)14-15/h6-7,14,18H,2-5,8-13H2,1H3. The second kappa shape index (κ2) is 8.84. The first-order valence-corrected chi connectivity index (χ1v) is 11.3. The van der Waals surface area contributed by atoms with Gasteiger partial charge in [0.2, 0.25) is 15.9 Å². The highest BCUT2D eigenvalue weighted by Gasteiger charge is 2.35. The lowest BCUT2D eigenvalue weighted by Crippen LogP contribution is -2.56. The summed E-state index contributed by atoms with van der Waals surface area (Å²) >= 11 is 0. The summed E-state index contributed by atoms with van der Waals surface area (Å²) in [6.45, 7) is 4.81. The molecule has 0 aliphatic carbocycles. The Balaban J connectivity index is 1.64. The number of likely N-dealkylation sites (tertiary alicyclic amines) is 1. The van der Waals surface area contributed by atoms with Gasteiger partial charge in [-0.15, -0.1) is 0 Å². The van der Waals surface area contributed by atoms with Crippen LogP contribution in [0.1, 0.15) is 32.6 Å². The Morgan fingerprint density at radius 2 is 1.79 bits per heavy atom. The second-order valence-electron chi connectivity index (χ2n) is 7.35. The number of sulfonamides is 1. The van der Waals surface area contributed by atoms with Crippen LogP contribution < -0.4 is 0 Å². The first-order chi connectivity index (χ1) is 13.3. The van der Waals surface area contributed by atoms with Gasteiger partial charge in [-0.1, -0.05) is 13.3 Å². The van der Waals surface area contributed by atoms with E-state index in [0.717, 1.165) is 50.9 Å². The molecule has 0 bridgehead atoms. The highest BCUT2D eigenvalue weighted by Crippen LogP contribution is 2.23. The van der Waals surface area contributed by atoms with Crippen molar-refractivity contribution < 1.29 is 22.0 Å². The molecule has 156 valence electrons. The van der Waals surface area contributed by atoms with Crippen molar-refractivity contribution in [2.24, 2.45) is 0 Å². The van der Waals surface area contributed by atoms with Gasteiger partial charge in [0.1, 0.15) is 0 Å². The topological polar surface area (TPSA) is 60.9 Å². The van der Waals surface area contributed by atoms with Gasteiger partial charge in [-0.25, -0.2) is 17.2 Å². The molecule has 2 fully saturated rings. The minimum Gasteiger partial charge on any atom is -0.339 e. The molecular formula is C19H27F2N3O3S. The minimum absolute atomic E-state index is 0.0676. The molecule has 1 aromatic rings. The largest absolute Gasteiger partial charge is 0.339 e. The maximum absolute atomic E-state index is 13.4. The Bertz CT molecular complexity index is 809. The average molecular weight is 416 g/mol. The van der Waals surface area contributed by atoms with Crippen LogP contribution in [0.3, 0.4) is 0 Å². The number of rotatable bonds is 5. The summed E-state index contributed by atoms with van der Waals surface area (Å²) in [5.74, 6) is -2.21. The smallest absolute Gasteiger partial charge is 0.243 e. The van der Waals surface area contributed by atoms with Crippen molar-refractivity contribution in [2.75, 3.05) is 39.3 Å². The number of hydrogen-bond donors (Lipinski definition) is 0. The quantitative estimate of drug-likeness (QED) is 0.739. The lowest BCUT2D eigenvalue weighted by molar-refractivity contribution is -0.139. The average Bonchev–Trinajstić information content (AvgIpc) is 2.70. The Kier molecular flexibility index (Phi) is 6.67. The molecular weight excluding hydrogens is 388 g/mol. The number of nitrogens with zero attached hydrogens (tertiary/aromatic N) is 3. The number of amides is 1. The first kappa shape index (κ1) is 21.1. The van der Waals surface area contributed by atoms with Gasteiger partial charge in [-0.05, 0) is 50.6 Å². The van der Waals surface area contributed by atoms with E-state index in [1.54, 1.807) is 4.90 Å². The molecule has 1 aromatic carbocycles. The molecule has 2 aliphatic heterocycles. The van der Waals surface area contributed by atoms with Crippen LogP contribution in [0.5, 0.6) is 0 Å². The maximum Gasteiger partial charge on any atom is 0.243 e. The van der Waals surface area contributed by atoms with E-state index in [-0.39, 0.29) is 29.9 Å². The molecule has 28 heavy (non-hydrogen) atoms. The summed E-state index contributed by atoms with van der Waals surface area (Å²) in [4.78, 5) is 16.7. The number of halogens is 2. The second-order valence-corrected chi connectivity index (χ2v) is 9.29. The SMILES string of the molecule is CCCN1CCCCC1C(=O)N1CCN(S(=O)(=O)c2ccc(F)c(F)c2)CC1. The predicted molar refractivity (Wildman–Crippen MR) is 101 cm³/mol. The molecule has 1 atom stereocenters. The van der Waals surface area contributed by atoms with Crippen LogP contribution in [0.4, 0.5) is 8.78 Å². The van der Waals surface area contributed by atoms with Gasteiger partial charge in [0.15, 0.2) is 11.6 Å². The van der Waals surface area contributed by atoms with E-state index >= 15 is 0 Å². The van der Waals surface area contributed by atoms with Gasteiger partial charge in [0, 0.05) is 26.2 Å². The molecule has 9 heteroatoms. The first-order valence-electron chi connectivity index (χ1n) is 9.82. The van der Waals surface area contributed by atoms with Crippen LogP contribution in [-0.2, 0) is 14.8 Å². The summed E-state index contributed by atoms with van der Waals surface area (Å²) in [6, 6.07) is 2.46. The van der Waals surface area contributed by atoms with Crippen LogP contribution in [-0.4, -0.2) is 73.7 Å². The van der Waals surface area contributed by atoms with E-state index in [1.165, 1.54) is 4.31 Å². The third kappa shape index (κ3) is 4.36. The van der Waals surface area contributed by atoms with Gasteiger partial charge in [-0.2, -0.15) is 4.31 Å². The monoisotopic (exact) mass is 415 g/mol. The zero-order valence-corrected chi connectivity index (χ0v) is 16.9. The fourth-order valence-corrected chi connectivity index (χ4v) is 5.41. The Morgan fingerprint density at radius 3 is 2.43 bits per heavy atom. The Morgan fingerprint density at radius 1 is 1.07 bits per heavy atom. The molecule has 0 radical (unpaired) electrons. The van der Waals surface area contributed by atoms with Crippen LogP contribution in [0.15, 0.2) is 23.1 Å². The molecule has 6 nitrogen and oxygen atoms in total. The molecule has 0 spiro atoms. The van der Waals surface area contributed by atoms with Gasteiger partial charge in [-0.3, -0.25) is 9.69 Å². The minimum atomic E-state index is -3.92. The Labute approximate surface area is 165 Å². The number of piperazine rings is 1. The summed E-state index contributed by atoms with van der Waals surface area (Å²) in [7, 11) is -3.92. The molecule has 0 aromatic heterocycles. The molecule has 2 heterocycles. The molecule has 2 saturated heterocycles. The van der Waals surface area contributed by atoms with Crippen molar-refractivity contribution in [3.8, 4) is 0 Å². The lowest BCUT2D eigenvalue weighted by atomic mass is 10.0. The molecule has 1 unspecified atom stereocenters. The van der Waals surface area contributed by atoms with Crippen LogP contribution in [0, 0.1) is 11.6 Å². The number of hydrogen-bond acceptors (Lipinski definition) is 4. The highest BCUT2D eigenvalue weighted by molar-refractivity contribution is 7.89. The fraction of sp³-hybridized carbons (Fsp3) is 0.632. The van der Waals surface area contributed by atoms with E-state index in [4.69, 9.17) is 0 Å². The molecule has 1 amide bonds. The van der Waals surface area contributed by atoms with E-state index in [1.807, 2.05) is 0 Å². The summed E-state index contributed by atoms with van der Waals surface area (Å²) in [5, 5.41) is 0. The van der Waals surface area contributed by atoms with Crippen molar-refractivity contribution in [3.05, 3.63) is 29.8 Å². The summed E-state index contributed by atoms with van der Waals surface area (Å²) in [6.07, 6.45) is 3.96. The summed E-state index contributed by atoms with van der Waals surface area (Å²) < 4.78 is 53.1. The van der Waals surface area contributed by atoms with Crippen molar-refractivity contribution in [1.29, 1.82) is 0 Å². The molecule has 2 aliphatic rings. The van der Waals surface area contributed by atoms with Crippen LogP contribution >= 0.6 is 0 Å². The van der Waals surface area contributed by atoms with Crippen LogP contribution in [0.2, 0.25) is 0 Å². The number of piperidine rings is 1. The van der Waals surface area contributed by atoms with Crippen LogP contribution in [0.25, 0.3) is 0 Å². The number of carbonyl (C=O) groups excluding carboxylic acids is 1. The van der Waals surface area contributed by atoms with Crippen molar-refractivity contribution in [3.63, 3.8) is 0 Å². The van der Waals surface area contributed by atoms with E-state index < -0.39 is 21.7 Å². The van der Waals surface area contributed by atoms with Crippen molar-refractivity contribution >= 4 is 15.9 Å². The fourth-order valence-electron chi connectivity index (χ4n) is 3.97. The van der Waals surface area contributed by atoms with Crippen molar-refractivity contribution in [1.82, 2.24) is 14.1 Å². The van der Waals surface area contributed by atoms with Gasteiger partial charge in [0.05, 0.1) is 10.9 Å². The zero-order valence-electron chi connectivity index (χ0n) is 16.1. The lowest BCUT2D eigenvalue weighted by Gasteiger charge is -2.40. The molecule has 0 saturated carbocycles. The van der Waals surface area contributed by atoms with E-state index in [0.29, 0.717) is 19.2 Å². The summed E-state index contributed by atoms with van der Waals surface area (Å²) in [5.41, 5.74) is 0. The van der Waals surface area contributed by atoms with Gasteiger partial charge in [0.25, 0.3) is 0 Å². The van der Waals surface area contributed by atoms with Crippen molar-refractivity contribution in [2.45, 2.75) is 43.5 Å². The Hall–Kier alpha value is -1.58. The third-order valence-electron chi connectivity index (χ3n) is 5.49. The number of carbonyl (C=O) groups is 1. The predicted octanol–water partition coefficient (Wildman–Crippen LogP) is 2.06. The molecule has 3 rings (SSSR count). The molecule has 0 N–H and O–H groups in total. The normalized spacial score (nSPS) is 22.4. The third-order valence-corrected chi connectivity index (χ3v) is 7.38. The van der Waals surface area contributed by atoms with E-state index in [2.05, 4.69) is 11.8 Å². The highest BCUT2D eigenvalue weighted by atomic mass is 32.2. The number of benzene rings is 1.